The molecule has 4 nitrogen and oxygen atoms in total. The third-order valence-electron chi connectivity index (χ3n) is 3.54. The highest BCUT2D eigenvalue weighted by atomic mass is 16.5. The van der Waals surface area contributed by atoms with Gasteiger partial charge in [0, 0.05) is 25.3 Å². The molecule has 0 radical (unpaired) electrons. The molecule has 2 rings (SSSR count). The van der Waals surface area contributed by atoms with Gasteiger partial charge in [-0.05, 0) is 33.4 Å². The highest BCUT2D eigenvalue weighted by Crippen LogP contribution is 2.32. The van der Waals surface area contributed by atoms with E-state index in [2.05, 4.69) is 35.0 Å². The van der Waals surface area contributed by atoms with Crippen LogP contribution in [0, 0.1) is 5.92 Å². The first-order valence-electron chi connectivity index (χ1n) is 6.08. The number of hydrogen-bond donors (Lipinski definition) is 1. The summed E-state index contributed by atoms with van der Waals surface area (Å²) in [7, 11) is 2.02. The van der Waals surface area contributed by atoms with Crippen molar-refractivity contribution in [1.29, 1.82) is 0 Å². The molecule has 1 aliphatic rings. The minimum absolute atomic E-state index is 0.331. The minimum Gasteiger partial charge on any atom is -0.378 e. The van der Waals surface area contributed by atoms with Gasteiger partial charge in [-0.3, -0.25) is 4.68 Å². The standard InChI is InChI=1S/C12H21N3O/c1-4-15-11(5-7-14-15)12(13-3)10-6-8-16-9(10)2/h5,7,9-10,12-13H,4,6,8H2,1-3H3. The molecule has 0 amide bonds. The van der Waals surface area contributed by atoms with E-state index in [0.29, 0.717) is 18.1 Å². The summed E-state index contributed by atoms with van der Waals surface area (Å²) in [6, 6.07) is 2.45. The SMILES string of the molecule is CCn1nccc1C(NC)C1CCOC1C. The van der Waals surface area contributed by atoms with Crippen LogP contribution in [0.1, 0.15) is 32.0 Å². The van der Waals surface area contributed by atoms with Gasteiger partial charge < -0.3 is 10.1 Å². The minimum atomic E-state index is 0.331. The molecular weight excluding hydrogens is 202 g/mol. The number of hydrogen-bond acceptors (Lipinski definition) is 3. The van der Waals surface area contributed by atoms with Gasteiger partial charge in [0.05, 0.1) is 17.8 Å². The van der Waals surface area contributed by atoms with E-state index in [-0.39, 0.29) is 0 Å². The van der Waals surface area contributed by atoms with Gasteiger partial charge in [0.1, 0.15) is 0 Å². The predicted molar refractivity (Wildman–Crippen MR) is 63.2 cm³/mol. The number of ether oxygens (including phenoxy) is 1. The molecule has 1 aliphatic heterocycles. The summed E-state index contributed by atoms with van der Waals surface area (Å²) in [5.74, 6) is 0.548. The van der Waals surface area contributed by atoms with Gasteiger partial charge in [-0.1, -0.05) is 0 Å². The number of rotatable bonds is 4. The number of nitrogens with zero attached hydrogens (tertiary/aromatic N) is 2. The van der Waals surface area contributed by atoms with Crippen LogP contribution in [0.4, 0.5) is 0 Å². The molecule has 0 saturated carbocycles. The lowest BCUT2D eigenvalue weighted by molar-refractivity contribution is 0.0952. The molecule has 0 aliphatic carbocycles. The molecule has 0 bridgehead atoms. The third-order valence-corrected chi connectivity index (χ3v) is 3.54. The molecule has 4 heteroatoms. The normalized spacial score (nSPS) is 27.2. The Bertz CT molecular complexity index is 337. The van der Waals surface area contributed by atoms with Gasteiger partial charge in [-0.2, -0.15) is 5.10 Å². The summed E-state index contributed by atoms with van der Waals surface area (Å²) >= 11 is 0. The van der Waals surface area contributed by atoms with E-state index in [1.165, 1.54) is 5.69 Å². The second-order valence-corrected chi connectivity index (χ2v) is 4.37. The van der Waals surface area contributed by atoms with E-state index in [0.717, 1.165) is 19.6 Å². The smallest absolute Gasteiger partial charge is 0.0594 e. The Hall–Kier alpha value is -0.870. The highest BCUT2D eigenvalue weighted by Gasteiger charge is 2.33. The Labute approximate surface area is 97.0 Å². The van der Waals surface area contributed by atoms with Crippen LogP contribution in [0.3, 0.4) is 0 Å². The van der Waals surface area contributed by atoms with E-state index in [9.17, 15) is 0 Å². The molecule has 90 valence electrons. The fourth-order valence-corrected chi connectivity index (χ4v) is 2.64. The van der Waals surface area contributed by atoms with Crippen LogP contribution in [0.5, 0.6) is 0 Å². The average Bonchev–Trinajstić information content (AvgIpc) is 2.90. The maximum Gasteiger partial charge on any atom is 0.0594 e. The monoisotopic (exact) mass is 223 g/mol. The first-order chi connectivity index (χ1) is 7.77. The number of aromatic nitrogens is 2. The van der Waals surface area contributed by atoms with Gasteiger partial charge in [0.25, 0.3) is 0 Å². The molecule has 1 aromatic rings. The maximum absolute atomic E-state index is 5.65. The molecule has 0 aromatic carbocycles. The molecule has 1 N–H and O–H groups in total. The highest BCUT2D eigenvalue weighted by molar-refractivity contribution is 5.10. The summed E-state index contributed by atoms with van der Waals surface area (Å²) in [4.78, 5) is 0. The Morgan fingerprint density at radius 2 is 2.50 bits per heavy atom. The second-order valence-electron chi connectivity index (χ2n) is 4.37. The van der Waals surface area contributed by atoms with Crippen molar-refractivity contribution >= 4 is 0 Å². The van der Waals surface area contributed by atoms with Crippen molar-refractivity contribution in [1.82, 2.24) is 15.1 Å². The summed E-state index contributed by atoms with van der Waals surface area (Å²) in [6.45, 7) is 6.08. The van der Waals surface area contributed by atoms with Gasteiger partial charge >= 0.3 is 0 Å². The summed E-state index contributed by atoms with van der Waals surface area (Å²) < 4.78 is 7.71. The van der Waals surface area contributed by atoms with Crippen molar-refractivity contribution in [2.24, 2.45) is 5.92 Å². The van der Waals surface area contributed by atoms with Crippen LogP contribution in [0.2, 0.25) is 0 Å². The van der Waals surface area contributed by atoms with Crippen molar-refractivity contribution in [3.05, 3.63) is 18.0 Å². The summed E-state index contributed by atoms with van der Waals surface area (Å²) in [5.41, 5.74) is 1.27. The molecule has 2 heterocycles. The van der Waals surface area contributed by atoms with E-state index >= 15 is 0 Å². The van der Waals surface area contributed by atoms with Crippen molar-refractivity contribution < 1.29 is 4.74 Å². The van der Waals surface area contributed by atoms with Gasteiger partial charge in [0.15, 0.2) is 0 Å². The Morgan fingerprint density at radius 1 is 1.69 bits per heavy atom. The molecule has 0 spiro atoms. The molecule has 3 unspecified atom stereocenters. The second kappa shape index (κ2) is 4.97. The predicted octanol–water partition coefficient (Wildman–Crippen LogP) is 1.59. The zero-order valence-corrected chi connectivity index (χ0v) is 10.3. The number of aryl methyl sites for hydroxylation is 1. The lowest BCUT2D eigenvalue weighted by Crippen LogP contribution is -2.31. The van der Waals surface area contributed by atoms with Crippen molar-refractivity contribution in [2.75, 3.05) is 13.7 Å². The molecule has 1 saturated heterocycles. The number of nitrogens with one attached hydrogen (secondary N) is 1. The quantitative estimate of drug-likeness (QED) is 0.842. The van der Waals surface area contributed by atoms with E-state index in [4.69, 9.17) is 4.74 Å². The lowest BCUT2D eigenvalue weighted by atomic mass is 9.91. The molecule has 1 aromatic heterocycles. The fraction of sp³-hybridized carbons (Fsp3) is 0.750. The van der Waals surface area contributed by atoms with Crippen molar-refractivity contribution in [3.8, 4) is 0 Å². The van der Waals surface area contributed by atoms with Crippen LogP contribution in [0.25, 0.3) is 0 Å². The van der Waals surface area contributed by atoms with Crippen LogP contribution < -0.4 is 5.32 Å². The summed E-state index contributed by atoms with van der Waals surface area (Å²) in [5, 5.41) is 7.75. The van der Waals surface area contributed by atoms with Crippen molar-refractivity contribution in [2.45, 2.75) is 39.0 Å². The third kappa shape index (κ3) is 1.99. The maximum atomic E-state index is 5.65. The van der Waals surface area contributed by atoms with Gasteiger partial charge in [-0.25, -0.2) is 0 Å². The Kier molecular flexibility index (Phi) is 3.61. The van der Waals surface area contributed by atoms with Gasteiger partial charge in [-0.15, -0.1) is 0 Å². The average molecular weight is 223 g/mol. The molecular formula is C12H21N3O. The molecule has 1 fully saturated rings. The van der Waals surface area contributed by atoms with Crippen LogP contribution in [-0.2, 0) is 11.3 Å². The first-order valence-corrected chi connectivity index (χ1v) is 6.08. The lowest BCUT2D eigenvalue weighted by Gasteiger charge is -2.26. The van der Waals surface area contributed by atoms with Crippen LogP contribution >= 0.6 is 0 Å². The zero-order chi connectivity index (χ0) is 11.5. The van der Waals surface area contributed by atoms with Gasteiger partial charge in [0.2, 0.25) is 0 Å². The van der Waals surface area contributed by atoms with E-state index in [1.54, 1.807) is 0 Å². The Morgan fingerprint density at radius 3 is 3.06 bits per heavy atom. The first kappa shape index (κ1) is 11.6. The zero-order valence-electron chi connectivity index (χ0n) is 10.3. The van der Waals surface area contributed by atoms with Crippen LogP contribution in [0.15, 0.2) is 12.3 Å². The fourth-order valence-electron chi connectivity index (χ4n) is 2.64. The summed E-state index contributed by atoms with van der Waals surface area (Å²) in [6.07, 6.45) is 3.34. The van der Waals surface area contributed by atoms with Crippen LogP contribution in [-0.4, -0.2) is 29.5 Å². The molecule has 16 heavy (non-hydrogen) atoms. The topological polar surface area (TPSA) is 39.1 Å². The van der Waals surface area contributed by atoms with E-state index < -0.39 is 0 Å². The van der Waals surface area contributed by atoms with E-state index in [1.807, 2.05) is 13.2 Å². The van der Waals surface area contributed by atoms with Crippen molar-refractivity contribution in [3.63, 3.8) is 0 Å². The molecule has 3 atom stereocenters. The Balaban J connectivity index is 2.21. The largest absolute Gasteiger partial charge is 0.378 e.